The van der Waals surface area contributed by atoms with Crippen LogP contribution < -0.4 is 10.1 Å². The number of hydrogen-bond acceptors (Lipinski definition) is 8. The second-order valence-corrected chi connectivity index (χ2v) is 10.4. The molecule has 0 spiro atoms. The van der Waals surface area contributed by atoms with Crippen molar-refractivity contribution < 1.29 is 18.1 Å². The lowest BCUT2D eigenvalue weighted by atomic mass is 10.2. The molecule has 10 nitrogen and oxygen atoms in total. The number of ether oxygens (including phenoxy) is 1. The number of likely N-dealkylation sites (N-methyl/N-ethyl adjacent to an activating group) is 1. The minimum atomic E-state index is -3.80. The molecule has 33 heavy (non-hydrogen) atoms. The summed E-state index contributed by atoms with van der Waals surface area (Å²) in [4.78, 5) is 17.5. The van der Waals surface area contributed by atoms with Gasteiger partial charge in [0.1, 0.15) is 11.8 Å². The van der Waals surface area contributed by atoms with Crippen LogP contribution >= 0.6 is 0 Å². The Kier molecular flexibility index (Phi) is 7.11. The van der Waals surface area contributed by atoms with Crippen LogP contribution in [0.3, 0.4) is 0 Å². The van der Waals surface area contributed by atoms with E-state index >= 15 is 0 Å². The zero-order chi connectivity index (χ0) is 23.4. The van der Waals surface area contributed by atoms with E-state index in [1.807, 2.05) is 18.0 Å². The quantitative estimate of drug-likeness (QED) is 0.457. The summed E-state index contributed by atoms with van der Waals surface area (Å²) in [5.41, 5.74) is 0.744. The van der Waals surface area contributed by atoms with Gasteiger partial charge < -0.3 is 15.0 Å². The zero-order valence-corrected chi connectivity index (χ0v) is 19.5. The number of nitrogens with one attached hydrogen (secondary N) is 1. The van der Waals surface area contributed by atoms with Crippen LogP contribution in [0.2, 0.25) is 0 Å². The van der Waals surface area contributed by atoms with Gasteiger partial charge in [-0.2, -0.15) is 4.31 Å². The maximum atomic E-state index is 13.0. The van der Waals surface area contributed by atoms with Crippen LogP contribution in [0.1, 0.15) is 31.2 Å². The van der Waals surface area contributed by atoms with Crippen molar-refractivity contribution >= 4 is 21.4 Å². The Bertz CT molecular complexity index is 1100. The van der Waals surface area contributed by atoms with Gasteiger partial charge in [-0.25, -0.2) is 13.4 Å². The lowest BCUT2D eigenvalue weighted by Gasteiger charge is -2.31. The fourth-order valence-corrected chi connectivity index (χ4v) is 5.61. The summed E-state index contributed by atoms with van der Waals surface area (Å²) in [5.74, 6) is 0.522. The van der Waals surface area contributed by atoms with Crippen molar-refractivity contribution in [3.8, 4) is 5.88 Å². The first-order chi connectivity index (χ1) is 15.8. The number of rotatable bonds is 8. The van der Waals surface area contributed by atoms with Crippen LogP contribution in [-0.4, -0.2) is 66.9 Å². The first-order valence-corrected chi connectivity index (χ1v) is 12.6. The largest absolute Gasteiger partial charge is 0.474 e. The van der Waals surface area contributed by atoms with E-state index < -0.39 is 14.9 Å². The molecule has 2 fully saturated rings. The highest BCUT2D eigenvalue weighted by Gasteiger charge is 2.29. The Morgan fingerprint density at radius 3 is 2.61 bits per heavy atom. The number of pyridine rings is 1. The predicted molar refractivity (Wildman–Crippen MR) is 124 cm³/mol. The van der Waals surface area contributed by atoms with Crippen LogP contribution in [0.15, 0.2) is 41.4 Å². The molecule has 4 rings (SSSR count). The van der Waals surface area contributed by atoms with Crippen LogP contribution in [0.25, 0.3) is 0 Å². The summed E-state index contributed by atoms with van der Waals surface area (Å²) in [5, 5.41) is 14.8. The van der Waals surface area contributed by atoms with Crippen molar-refractivity contribution in [3.05, 3.63) is 52.2 Å². The standard InChI is InChI=1S/C22H29N5O5S/c1-25-11-13-26(14-12-25)33(30,31)19-8-9-20(21(15-19)27(28)29)24-16-17-5-4-10-23-22(17)32-18-6-2-3-7-18/h4-5,8-10,15,18,24H,2-3,6-7,11-14,16H2,1H3. The van der Waals surface area contributed by atoms with Gasteiger partial charge in [-0.15, -0.1) is 0 Å². The van der Waals surface area contributed by atoms with Crippen molar-refractivity contribution in [2.75, 3.05) is 38.5 Å². The highest BCUT2D eigenvalue weighted by Crippen LogP contribution is 2.31. The lowest BCUT2D eigenvalue weighted by Crippen LogP contribution is -2.47. The number of anilines is 1. The fourth-order valence-electron chi connectivity index (χ4n) is 4.17. The highest BCUT2D eigenvalue weighted by molar-refractivity contribution is 7.89. The first kappa shape index (κ1) is 23.4. The van der Waals surface area contributed by atoms with Crippen molar-refractivity contribution in [3.63, 3.8) is 0 Å². The van der Waals surface area contributed by atoms with E-state index in [2.05, 4.69) is 10.3 Å². The Morgan fingerprint density at radius 1 is 1.18 bits per heavy atom. The number of nitro benzene ring substituents is 1. The molecule has 1 saturated heterocycles. The number of aromatic nitrogens is 1. The van der Waals surface area contributed by atoms with E-state index in [1.54, 1.807) is 12.3 Å². The molecule has 2 aliphatic rings. The second kappa shape index (κ2) is 10.0. The van der Waals surface area contributed by atoms with E-state index in [9.17, 15) is 18.5 Å². The molecule has 1 aromatic heterocycles. The SMILES string of the molecule is CN1CCN(S(=O)(=O)c2ccc(NCc3cccnc3OC3CCCC3)c([N+](=O)[O-])c2)CC1. The minimum Gasteiger partial charge on any atom is -0.474 e. The summed E-state index contributed by atoms with van der Waals surface area (Å²) >= 11 is 0. The van der Waals surface area contributed by atoms with Gasteiger partial charge in [-0.05, 0) is 50.9 Å². The third-order valence-corrected chi connectivity index (χ3v) is 8.06. The second-order valence-electron chi connectivity index (χ2n) is 8.49. The van der Waals surface area contributed by atoms with Crippen molar-refractivity contribution in [1.29, 1.82) is 0 Å². The average Bonchev–Trinajstić information content (AvgIpc) is 3.32. The van der Waals surface area contributed by atoms with Gasteiger partial charge in [0.05, 0.1) is 9.82 Å². The fraction of sp³-hybridized carbons (Fsp3) is 0.500. The van der Waals surface area contributed by atoms with E-state index in [0.29, 0.717) is 32.1 Å². The minimum absolute atomic E-state index is 0.0732. The Balaban J connectivity index is 1.52. The van der Waals surface area contributed by atoms with E-state index in [1.165, 1.54) is 16.4 Å². The molecule has 0 amide bonds. The van der Waals surface area contributed by atoms with Gasteiger partial charge in [-0.3, -0.25) is 10.1 Å². The molecule has 11 heteroatoms. The molecule has 1 N–H and O–H groups in total. The summed E-state index contributed by atoms with van der Waals surface area (Å²) in [6.07, 6.45) is 6.08. The molecule has 0 atom stereocenters. The van der Waals surface area contributed by atoms with Crippen molar-refractivity contribution in [2.24, 2.45) is 0 Å². The van der Waals surface area contributed by atoms with E-state index in [-0.39, 0.29) is 28.9 Å². The average molecular weight is 476 g/mol. The van der Waals surface area contributed by atoms with Crippen LogP contribution in [0, 0.1) is 10.1 Å². The van der Waals surface area contributed by atoms with Crippen LogP contribution in [-0.2, 0) is 16.6 Å². The van der Waals surface area contributed by atoms with Crippen molar-refractivity contribution in [2.45, 2.75) is 43.2 Å². The molecular weight excluding hydrogens is 446 g/mol. The van der Waals surface area contributed by atoms with Crippen LogP contribution in [0.4, 0.5) is 11.4 Å². The number of sulfonamides is 1. The third kappa shape index (κ3) is 5.43. The molecule has 0 radical (unpaired) electrons. The number of hydrogen-bond donors (Lipinski definition) is 1. The van der Waals surface area contributed by atoms with Gasteiger partial charge in [0.25, 0.3) is 5.69 Å². The summed E-state index contributed by atoms with van der Waals surface area (Å²) in [7, 11) is -1.87. The number of nitrogens with zero attached hydrogens (tertiary/aromatic N) is 4. The smallest absolute Gasteiger partial charge is 0.293 e. The molecular formula is C22H29N5O5S. The Hall–Kier alpha value is -2.76. The van der Waals surface area contributed by atoms with E-state index in [4.69, 9.17) is 4.74 Å². The molecule has 2 heterocycles. The molecule has 1 aliphatic heterocycles. The zero-order valence-electron chi connectivity index (χ0n) is 18.6. The molecule has 1 aliphatic carbocycles. The highest BCUT2D eigenvalue weighted by atomic mass is 32.2. The first-order valence-electron chi connectivity index (χ1n) is 11.2. The Labute approximate surface area is 193 Å². The molecule has 0 bridgehead atoms. The topological polar surface area (TPSA) is 118 Å². The third-order valence-electron chi connectivity index (χ3n) is 6.17. The molecule has 0 unspecified atom stereocenters. The number of piperazine rings is 1. The van der Waals surface area contributed by atoms with E-state index in [0.717, 1.165) is 37.3 Å². The van der Waals surface area contributed by atoms with Gasteiger partial charge in [-0.1, -0.05) is 6.07 Å². The molecule has 178 valence electrons. The number of benzene rings is 1. The molecule has 2 aromatic rings. The van der Waals surface area contributed by atoms with Gasteiger partial charge in [0.15, 0.2) is 0 Å². The number of nitro groups is 1. The summed E-state index contributed by atoms with van der Waals surface area (Å²) < 4.78 is 33.4. The van der Waals surface area contributed by atoms with Gasteiger partial charge in [0, 0.05) is 50.6 Å². The monoisotopic (exact) mass is 475 g/mol. The molecule has 1 aromatic carbocycles. The molecule has 1 saturated carbocycles. The van der Waals surface area contributed by atoms with Crippen molar-refractivity contribution in [1.82, 2.24) is 14.2 Å². The Morgan fingerprint density at radius 2 is 1.91 bits per heavy atom. The summed E-state index contributed by atoms with van der Waals surface area (Å²) in [6.45, 7) is 2.23. The maximum Gasteiger partial charge on any atom is 0.293 e. The summed E-state index contributed by atoms with van der Waals surface area (Å²) in [6, 6.07) is 7.66. The lowest BCUT2D eigenvalue weighted by molar-refractivity contribution is -0.384. The predicted octanol–water partition coefficient (Wildman–Crippen LogP) is 2.86. The van der Waals surface area contributed by atoms with Crippen LogP contribution in [0.5, 0.6) is 5.88 Å². The van der Waals surface area contributed by atoms with Gasteiger partial charge in [0.2, 0.25) is 15.9 Å². The normalized spacial score (nSPS) is 18.3. The van der Waals surface area contributed by atoms with Gasteiger partial charge >= 0.3 is 0 Å². The maximum absolute atomic E-state index is 13.0.